The topological polar surface area (TPSA) is 89.5 Å². The highest BCUT2D eigenvalue weighted by Gasteiger charge is 2.44. The summed E-state index contributed by atoms with van der Waals surface area (Å²) in [6.07, 6.45) is 5.51. The number of fused-ring (bicyclic) bond motifs is 1. The van der Waals surface area contributed by atoms with E-state index in [0.29, 0.717) is 24.3 Å². The van der Waals surface area contributed by atoms with Crippen LogP contribution in [0.1, 0.15) is 42.5 Å². The van der Waals surface area contributed by atoms with Gasteiger partial charge in [0.1, 0.15) is 11.5 Å². The van der Waals surface area contributed by atoms with Gasteiger partial charge in [-0.25, -0.2) is 4.39 Å². The van der Waals surface area contributed by atoms with Gasteiger partial charge in [0, 0.05) is 12.6 Å². The lowest BCUT2D eigenvalue weighted by Gasteiger charge is -2.39. The van der Waals surface area contributed by atoms with Crippen molar-refractivity contribution in [3.63, 3.8) is 0 Å². The Hall–Kier alpha value is -2.18. The van der Waals surface area contributed by atoms with E-state index in [9.17, 15) is 19.3 Å². The van der Waals surface area contributed by atoms with E-state index in [0.717, 1.165) is 37.8 Å². The Morgan fingerprint density at radius 1 is 1.17 bits per heavy atom. The first kappa shape index (κ1) is 15.4. The molecule has 2 N–H and O–H groups in total. The number of hydrogen-bond donors (Lipinski definition) is 1. The Balaban J connectivity index is 1.70. The van der Waals surface area contributed by atoms with Crippen molar-refractivity contribution in [1.29, 1.82) is 0 Å². The van der Waals surface area contributed by atoms with Crippen molar-refractivity contribution in [3.05, 3.63) is 33.6 Å². The molecular weight excluding hydrogens is 313 g/mol. The quantitative estimate of drug-likeness (QED) is 0.512. The van der Waals surface area contributed by atoms with Crippen molar-refractivity contribution >= 4 is 17.3 Å². The van der Waals surface area contributed by atoms with Gasteiger partial charge in [-0.1, -0.05) is 0 Å². The standard InChI is InChI=1S/C17H20FN3O3/c18-12-6-14(16(19)15(7-12)21(23)24)17(22)20-8-11-2-9-1-10(3-11)5-13(20)4-9/h6-7,9-11,13H,1-5,8,19H2. The number of nitrogen functional groups attached to an aromatic ring is 1. The predicted molar refractivity (Wildman–Crippen MR) is 85.8 cm³/mol. The zero-order valence-electron chi connectivity index (χ0n) is 13.3. The van der Waals surface area contributed by atoms with Crippen LogP contribution in [-0.2, 0) is 0 Å². The lowest BCUT2D eigenvalue weighted by atomic mass is 9.68. The Labute approximate surface area is 139 Å². The van der Waals surface area contributed by atoms with E-state index in [-0.39, 0.29) is 23.2 Å². The van der Waals surface area contributed by atoms with Crippen molar-refractivity contribution in [3.8, 4) is 0 Å². The number of anilines is 1. The molecule has 2 aliphatic heterocycles. The van der Waals surface area contributed by atoms with Crippen LogP contribution < -0.4 is 5.73 Å². The molecule has 6 nitrogen and oxygen atoms in total. The van der Waals surface area contributed by atoms with Gasteiger partial charge in [-0.05, 0) is 55.9 Å². The molecule has 2 saturated carbocycles. The Kier molecular flexibility index (Phi) is 3.47. The lowest BCUT2D eigenvalue weighted by Crippen LogP contribution is -2.42. The van der Waals surface area contributed by atoms with Crippen LogP contribution in [0.5, 0.6) is 0 Å². The molecule has 1 aromatic rings. The van der Waals surface area contributed by atoms with Crippen molar-refractivity contribution < 1.29 is 14.1 Å². The van der Waals surface area contributed by atoms with Gasteiger partial charge in [0.2, 0.25) is 0 Å². The maximum atomic E-state index is 13.8. The van der Waals surface area contributed by atoms with Gasteiger partial charge in [-0.2, -0.15) is 0 Å². The minimum Gasteiger partial charge on any atom is -0.393 e. The maximum Gasteiger partial charge on any atom is 0.295 e. The van der Waals surface area contributed by atoms with Crippen LogP contribution in [0.2, 0.25) is 0 Å². The molecule has 7 heteroatoms. The summed E-state index contributed by atoms with van der Waals surface area (Å²) in [5.41, 5.74) is 4.95. The minimum atomic E-state index is -0.806. The number of carbonyl (C=O) groups is 1. The van der Waals surface area contributed by atoms with E-state index in [4.69, 9.17) is 5.73 Å². The molecule has 2 unspecified atom stereocenters. The highest BCUT2D eigenvalue weighted by Crippen LogP contribution is 2.48. The molecule has 4 fully saturated rings. The zero-order chi connectivity index (χ0) is 17.0. The first-order valence-electron chi connectivity index (χ1n) is 8.46. The molecule has 5 rings (SSSR count). The van der Waals surface area contributed by atoms with Crippen LogP contribution in [0.3, 0.4) is 0 Å². The molecule has 0 aromatic heterocycles. The number of amides is 1. The van der Waals surface area contributed by atoms with Crippen molar-refractivity contribution in [2.24, 2.45) is 17.8 Å². The second-order valence-electron chi connectivity index (χ2n) is 7.53. The summed E-state index contributed by atoms with van der Waals surface area (Å²) in [5, 5.41) is 11.0. The Morgan fingerprint density at radius 2 is 1.79 bits per heavy atom. The summed E-state index contributed by atoms with van der Waals surface area (Å²) in [6, 6.07) is 1.94. The Bertz CT molecular complexity index is 709. The van der Waals surface area contributed by atoms with E-state index in [2.05, 4.69) is 0 Å². The number of rotatable bonds is 2. The molecule has 4 bridgehead atoms. The summed E-state index contributed by atoms with van der Waals surface area (Å²) in [7, 11) is 0. The minimum absolute atomic E-state index is 0.0806. The molecule has 2 aliphatic carbocycles. The van der Waals surface area contributed by atoms with Crippen molar-refractivity contribution in [2.75, 3.05) is 12.3 Å². The highest BCUT2D eigenvalue weighted by atomic mass is 19.1. The molecule has 4 aliphatic rings. The molecular formula is C17H20FN3O3. The van der Waals surface area contributed by atoms with Crippen LogP contribution in [0.15, 0.2) is 12.1 Å². The Morgan fingerprint density at radius 3 is 2.42 bits per heavy atom. The van der Waals surface area contributed by atoms with Crippen LogP contribution in [0, 0.1) is 33.7 Å². The fraction of sp³-hybridized carbons (Fsp3) is 0.588. The van der Waals surface area contributed by atoms with Crippen LogP contribution in [0.25, 0.3) is 0 Å². The van der Waals surface area contributed by atoms with E-state index in [1.54, 1.807) is 4.90 Å². The van der Waals surface area contributed by atoms with E-state index < -0.39 is 16.4 Å². The number of benzene rings is 1. The van der Waals surface area contributed by atoms with Crippen molar-refractivity contribution in [2.45, 2.75) is 38.1 Å². The van der Waals surface area contributed by atoms with Crippen LogP contribution in [-0.4, -0.2) is 28.3 Å². The summed E-state index contributed by atoms with van der Waals surface area (Å²) in [5.74, 6) is 0.650. The largest absolute Gasteiger partial charge is 0.393 e. The highest BCUT2D eigenvalue weighted by molar-refractivity contribution is 6.01. The molecule has 24 heavy (non-hydrogen) atoms. The monoisotopic (exact) mass is 333 g/mol. The van der Waals surface area contributed by atoms with E-state index in [1.165, 1.54) is 6.42 Å². The molecule has 1 aromatic carbocycles. The van der Waals surface area contributed by atoms with Gasteiger partial charge < -0.3 is 10.6 Å². The van der Waals surface area contributed by atoms with Gasteiger partial charge >= 0.3 is 0 Å². The second-order valence-corrected chi connectivity index (χ2v) is 7.53. The smallest absolute Gasteiger partial charge is 0.295 e. The van der Waals surface area contributed by atoms with Gasteiger partial charge in [-0.15, -0.1) is 0 Å². The maximum absolute atomic E-state index is 13.8. The van der Waals surface area contributed by atoms with Gasteiger partial charge in [0.05, 0.1) is 16.6 Å². The molecule has 128 valence electrons. The number of carbonyl (C=O) groups excluding carboxylic acids is 1. The number of nitro benzene ring substituents is 1. The number of nitrogens with zero attached hydrogens (tertiary/aromatic N) is 2. The fourth-order valence-electron chi connectivity index (χ4n) is 5.12. The normalized spacial score (nSPS) is 31.1. The summed E-state index contributed by atoms with van der Waals surface area (Å²) < 4.78 is 13.8. The van der Waals surface area contributed by atoms with Crippen LogP contribution >= 0.6 is 0 Å². The third kappa shape index (κ3) is 2.42. The molecule has 1 amide bonds. The van der Waals surface area contributed by atoms with Gasteiger partial charge in [0.15, 0.2) is 0 Å². The van der Waals surface area contributed by atoms with Gasteiger partial charge in [0.25, 0.3) is 11.6 Å². The van der Waals surface area contributed by atoms with E-state index >= 15 is 0 Å². The first-order chi connectivity index (χ1) is 11.4. The summed E-state index contributed by atoms with van der Waals surface area (Å²) in [6.45, 7) is 0.653. The number of hydrogen-bond acceptors (Lipinski definition) is 4. The van der Waals surface area contributed by atoms with Crippen LogP contribution in [0.4, 0.5) is 15.8 Å². The molecule has 0 spiro atoms. The number of halogens is 1. The first-order valence-corrected chi connectivity index (χ1v) is 8.46. The average Bonchev–Trinajstić information content (AvgIpc) is 2.72. The SMILES string of the molecule is Nc1c(C(=O)N2CC3CC4CC(C3)CC2C4)cc(F)cc1[N+](=O)[O-]. The fourth-order valence-corrected chi connectivity index (χ4v) is 5.12. The lowest BCUT2D eigenvalue weighted by molar-refractivity contribution is -0.384. The number of nitro groups is 1. The van der Waals surface area contributed by atoms with Gasteiger partial charge in [-0.3, -0.25) is 14.9 Å². The van der Waals surface area contributed by atoms with E-state index in [1.807, 2.05) is 0 Å². The molecule has 0 radical (unpaired) electrons. The zero-order valence-corrected chi connectivity index (χ0v) is 13.3. The summed E-state index contributed by atoms with van der Waals surface area (Å²) in [4.78, 5) is 25.1. The molecule has 2 heterocycles. The predicted octanol–water partition coefficient (Wildman–Crippen LogP) is 2.97. The second kappa shape index (κ2) is 5.43. The molecule has 2 saturated heterocycles. The molecule has 2 atom stereocenters. The third-order valence-corrected chi connectivity index (χ3v) is 5.92. The third-order valence-electron chi connectivity index (χ3n) is 5.92. The average molecular weight is 333 g/mol. The van der Waals surface area contributed by atoms with Crippen molar-refractivity contribution in [1.82, 2.24) is 4.90 Å². The summed E-state index contributed by atoms with van der Waals surface area (Å²) >= 11 is 0. The number of nitrogens with two attached hydrogens (primary N) is 1.